The highest BCUT2D eigenvalue weighted by atomic mass is 16.5. The summed E-state index contributed by atoms with van der Waals surface area (Å²) in [7, 11) is 2.11. The van der Waals surface area contributed by atoms with Gasteiger partial charge in [-0.1, -0.05) is 5.16 Å². The van der Waals surface area contributed by atoms with E-state index in [-0.39, 0.29) is 17.4 Å². The van der Waals surface area contributed by atoms with Crippen LogP contribution in [-0.2, 0) is 16.0 Å². The normalized spacial score (nSPS) is 25.1. The van der Waals surface area contributed by atoms with Crippen molar-refractivity contribution < 1.29 is 14.1 Å². The highest BCUT2D eigenvalue weighted by Gasteiger charge is 2.41. The van der Waals surface area contributed by atoms with Crippen LogP contribution in [0.15, 0.2) is 4.52 Å². The van der Waals surface area contributed by atoms with Crippen molar-refractivity contribution in [1.29, 1.82) is 0 Å². The predicted octanol–water partition coefficient (Wildman–Crippen LogP) is 1.04. The summed E-state index contributed by atoms with van der Waals surface area (Å²) in [6, 6.07) is 0. The average molecular weight is 348 g/mol. The van der Waals surface area contributed by atoms with Gasteiger partial charge < -0.3 is 14.7 Å². The number of rotatable bonds is 3. The molecule has 1 spiro atoms. The Kier molecular flexibility index (Phi) is 5.13. The van der Waals surface area contributed by atoms with Gasteiger partial charge in [-0.05, 0) is 40.2 Å². The van der Waals surface area contributed by atoms with E-state index in [1.807, 2.05) is 18.7 Å². The molecule has 7 nitrogen and oxygen atoms in total. The summed E-state index contributed by atoms with van der Waals surface area (Å²) in [6.45, 7) is 6.80. The molecule has 2 aliphatic heterocycles. The number of likely N-dealkylation sites (N-methyl/N-ethyl adjacent to an activating group) is 1. The number of aryl methyl sites for hydroxylation is 2. The third-order valence-electron chi connectivity index (χ3n) is 5.85. The molecule has 2 amide bonds. The fourth-order valence-electron chi connectivity index (χ4n) is 4.06. The van der Waals surface area contributed by atoms with E-state index in [1.165, 1.54) is 0 Å². The van der Waals surface area contributed by atoms with E-state index in [9.17, 15) is 9.59 Å². The highest BCUT2D eigenvalue weighted by molar-refractivity contribution is 5.77. The highest BCUT2D eigenvalue weighted by Crippen LogP contribution is 2.30. The third kappa shape index (κ3) is 3.71. The van der Waals surface area contributed by atoms with Crippen LogP contribution in [0.3, 0.4) is 0 Å². The second kappa shape index (κ2) is 7.15. The molecule has 1 N–H and O–H groups in total. The van der Waals surface area contributed by atoms with Crippen LogP contribution in [0.25, 0.3) is 0 Å². The topological polar surface area (TPSA) is 78.7 Å². The van der Waals surface area contributed by atoms with Crippen LogP contribution in [0.5, 0.6) is 0 Å². The Hall–Kier alpha value is -1.89. The van der Waals surface area contributed by atoms with Crippen LogP contribution in [0.2, 0.25) is 0 Å². The summed E-state index contributed by atoms with van der Waals surface area (Å²) in [5.74, 6) is 1.09. The van der Waals surface area contributed by atoms with Gasteiger partial charge in [-0.3, -0.25) is 14.5 Å². The van der Waals surface area contributed by atoms with Crippen LogP contribution in [0.4, 0.5) is 0 Å². The summed E-state index contributed by atoms with van der Waals surface area (Å²) < 4.78 is 5.18. The molecule has 138 valence electrons. The van der Waals surface area contributed by atoms with Gasteiger partial charge in [0.1, 0.15) is 5.76 Å². The molecule has 0 radical (unpaired) electrons. The standard InChI is InChI=1S/C18H28N4O3/c1-13-15(14(2)25-20-13)4-5-17(24)22-11-10-21(3)18(12-22)7-6-16(23)19-9-8-18/h4-12H2,1-3H3,(H,19,23)/t18-/m1/s1. The number of nitrogens with zero attached hydrogens (tertiary/aromatic N) is 3. The Morgan fingerprint density at radius 2 is 2.12 bits per heavy atom. The summed E-state index contributed by atoms with van der Waals surface area (Å²) in [6.07, 6.45) is 3.37. The number of hydrogen-bond acceptors (Lipinski definition) is 5. The van der Waals surface area contributed by atoms with Crippen molar-refractivity contribution in [1.82, 2.24) is 20.3 Å². The molecule has 0 unspecified atom stereocenters. The van der Waals surface area contributed by atoms with Gasteiger partial charge in [-0.15, -0.1) is 0 Å². The summed E-state index contributed by atoms with van der Waals surface area (Å²) >= 11 is 0. The number of piperazine rings is 1. The van der Waals surface area contributed by atoms with Crippen LogP contribution in [-0.4, -0.2) is 65.5 Å². The van der Waals surface area contributed by atoms with Gasteiger partial charge >= 0.3 is 0 Å². The molecule has 25 heavy (non-hydrogen) atoms. The molecule has 0 bridgehead atoms. The molecule has 1 atom stereocenters. The number of nitrogens with one attached hydrogen (secondary N) is 1. The molecule has 3 heterocycles. The number of aromatic nitrogens is 1. The lowest BCUT2D eigenvalue weighted by molar-refractivity contribution is -0.136. The molecule has 0 saturated carbocycles. The van der Waals surface area contributed by atoms with E-state index in [0.29, 0.717) is 32.4 Å². The molecule has 3 rings (SSSR count). The van der Waals surface area contributed by atoms with Crippen molar-refractivity contribution >= 4 is 11.8 Å². The molecule has 0 aromatic carbocycles. The molecule has 1 aromatic rings. The van der Waals surface area contributed by atoms with Gasteiger partial charge in [0.05, 0.1) is 5.69 Å². The first-order valence-corrected chi connectivity index (χ1v) is 9.09. The Morgan fingerprint density at radius 3 is 2.84 bits per heavy atom. The first-order valence-electron chi connectivity index (χ1n) is 9.09. The first kappa shape index (κ1) is 17.9. The number of hydrogen-bond donors (Lipinski definition) is 1. The number of carbonyl (C=O) groups is 2. The van der Waals surface area contributed by atoms with E-state index in [4.69, 9.17) is 4.52 Å². The van der Waals surface area contributed by atoms with Crippen molar-refractivity contribution in [3.05, 3.63) is 17.0 Å². The Labute approximate surface area is 148 Å². The van der Waals surface area contributed by atoms with E-state index < -0.39 is 0 Å². The van der Waals surface area contributed by atoms with Gasteiger partial charge in [0.15, 0.2) is 0 Å². The van der Waals surface area contributed by atoms with E-state index in [1.54, 1.807) is 0 Å². The van der Waals surface area contributed by atoms with Crippen molar-refractivity contribution in [3.63, 3.8) is 0 Å². The lowest BCUT2D eigenvalue weighted by Crippen LogP contribution is -2.62. The Balaban J connectivity index is 1.64. The smallest absolute Gasteiger partial charge is 0.223 e. The first-order chi connectivity index (χ1) is 11.9. The average Bonchev–Trinajstić information content (AvgIpc) is 2.79. The summed E-state index contributed by atoms with van der Waals surface area (Å²) in [4.78, 5) is 28.8. The monoisotopic (exact) mass is 348 g/mol. The number of amides is 2. The van der Waals surface area contributed by atoms with E-state index >= 15 is 0 Å². The lowest BCUT2D eigenvalue weighted by Gasteiger charge is -2.49. The second-order valence-corrected chi connectivity index (χ2v) is 7.36. The van der Waals surface area contributed by atoms with Crippen molar-refractivity contribution in [2.24, 2.45) is 0 Å². The quantitative estimate of drug-likeness (QED) is 0.883. The number of carbonyl (C=O) groups excluding carboxylic acids is 2. The summed E-state index contributed by atoms with van der Waals surface area (Å²) in [5, 5.41) is 6.91. The molecule has 2 fully saturated rings. The van der Waals surface area contributed by atoms with Gasteiger partial charge in [0.25, 0.3) is 0 Å². The molecular weight excluding hydrogens is 320 g/mol. The molecule has 7 heteroatoms. The maximum absolute atomic E-state index is 12.8. The largest absolute Gasteiger partial charge is 0.361 e. The molecule has 1 aromatic heterocycles. The van der Waals surface area contributed by atoms with Crippen LogP contribution >= 0.6 is 0 Å². The minimum Gasteiger partial charge on any atom is -0.361 e. The SMILES string of the molecule is Cc1noc(C)c1CCC(=O)N1CCN(C)[C@]2(CCNC(=O)CC2)C1. The maximum atomic E-state index is 12.8. The van der Waals surface area contributed by atoms with Gasteiger partial charge in [0, 0.05) is 50.1 Å². The summed E-state index contributed by atoms with van der Waals surface area (Å²) in [5.41, 5.74) is 1.82. The van der Waals surface area contributed by atoms with Crippen molar-refractivity contribution in [2.75, 3.05) is 33.2 Å². The van der Waals surface area contributed by atoms with Crippen molar-refractivity contribution in [2.45, 2.75) is 51.5 Å². The van der Waals surface area contributed by atoms with Gasteiger partial charge in [-0.2, -0.15) is 0 Å². The fraction of sp³-hybridized carbons (Fsp3) is 0.722. The van der Waals surface area contributed by atoms with Gasteiger partial charge in [-0.25, -0.2) is 0 Å². The minimum atomic E-state index is -0.0872. The van der Waals surface area contributed by atoms with Gasteiger partial charge in [0.2, 0.25) is 11.8 Å². The maximum Gasteiger partial charge on any atom is 0.223 e. The second-order valence-electron chi connectivity index (χ2n) is 7.36. The van der Waals surface area contributed by atoms with E-state index in [2.05, 4.69) is 22.4 Å². The van der Waals surface area contributed by atoms with Crippen molar-refractivity contribution in [3.8, 4) is 0 Å². The Morgan fingerprint density at radius 1 is 1.32 bits per heavy atom. The molecule has 2 aliphatic rings. The zero-order chi connectivity index (χ0) is 18.0. The predicted molar refractivity (Wildman–Crippen MR) is 93.1 cm³/mol. The zero-order valence-corrected chi connectivity index (χ0v) is 15.4. The fourth-order valence-corrected chi connectivity index (χ4v) is 4.06. The zero-order valence-electron chi connectivity index (χ0n) is 15.4. The third-order valence-corrected chi connectivity index (χ3v) is 5.85. The molecule has 0 aliphatic carbocycles. The minimum absolute atomic E-state index is 0.0872. The Bertz CT molecular complexity index is 637. The van der Waals surface area contributed by atoms with Crippen LogP contribution in [0.1, 0.15) is 42.7 Å². The van der Waals surface area contributed by atoms with Crippen LogP contribution in [0, 0.1) is 13.8 Å². The van der Waals surface area contributed by atoms with Crippen LogP contribution < -0.4 is 5.32 Å². The molecular formula is C18H28N4O3. The molecule has 2 saturated heterocycles. The lowest BCUT2D eigenvalue weighted by atomic mass is 9.86. The van der Waals surface area contributed by atoms with E-state index in [0.717, 1.165) is 42.9 Å².